The van der Waals surface area contributed by atoms with E-state index < -0.39 is 16.0 Å². The molecule has 0 aliphatic heterocycles. The van der Waals surface area contributed by atoms with Crippen molar-refractivity contribution in [2.24, 2.45) is 0 Å². The summed E-state index contributed by atoms with van der Waals surface area (Å²) in [6.45, 7) is 0. The highest BCUT2D eigenvalue weighted by Crippen LogP contribution is 2.24. The Balaban J connectivity index is 2.38. The van der Waals surface area contributed by atoms with E-state index in [1.165, 1.54) is 17.0 Å². The number of thiophene rings is 1. The highest BCUT2D eigenvalue weighted by molar-refractivity contribution is 7.93. The second-order valence-corrected chi connectivity index (χ2v) is 6.17. The van der Waals surface area contributed by atoms with E-state index in [1.54, 1.807) is 0 Å². The maximum absolute atomic E-state index is 11.9. The van der Waals surface area contributed by atoms with Crippen molar-refractivity contribution in [3.63, 3.8) is 0 Å². The van der Waals surface area contributed by atoms with Gasteiger partial charge in [0.1, 0.15) is 15.3 Å². The number of aromatic nitrogens is 2. The van der Waals surface area contributed by atoms with Crippen molar-refractivity contribution in [3.8, 4) is 0 Å². The fourth-order valence-corrected chi connectivity index (χ4v) is 4.01. The second kappa shape index (κ2) is 4.39. The molecule has 2 aromatic heterocycles. The number of rotatable bonds is 4. The fraction of sp³-hybridized carbons (Fsp3) is 0. The van der Waals surface area contributed by atoms with Gasteiger partial charge in [-0.05, 0) is 11.4 Å². The van der Waals surface area contributed by atoms with Crippen LogP contribution in [0.2, 0.25) is 0 Å². The van der Waals surface area contributed by atoms with Gasteiger partial charge in [-0.3, -0.25) is 4.72 Å². The molecule has 0 saturated carbocycles. The molecule has 2 N–H and O–H groups in total. The number of hydrogen-bond donors (Lipinski definition) is 2. The Labute approximate surface area is 104 Å². The van der Waals surface area contributed by atoms with Crippen LogP contribution in [-0.4, -0.2) is 29.7 Å². The number of carboxylic acids is 1. The van der Waals surface area contributed by atoms with E-state index in [0.29, 0.717) is 0 Å². The predicted octanol–water partition coefficient (Wildman–Crippen LogP) is 1.10. The molecule has 0 unspecified atom stereocenters. The maximum Gasteiger partial charge on any atom is 0.347 e. The van der Waals surface area contributed by atoms with Crippen LogP contribution in [0.4, 0.5) is 5.13 Å². The predicted molar refractivity (Wildman–Crippen MR) is 62.0 cm³/mol. The summed E-state index contributed by atoms with van der Waals surface area (Å²) < 4.78 is 25.9. The van der Waals surface area contributed by atoms with Crippen LogP contribution in [0.5, 0.6) is 0 Å². The van der Waals surface area contributed by atoms with Gasteiger partial charge in [0.15, 0.2) is 0 Å². The van der Waals surface area contributed by atoms with Gasteiger partial charge < -0.3 is 5.11 Å². The molecule has 0 fully saturated rings. The Bertz CT molecular complexity index is 631. The van der Waals surface area contributed by atoms with Gasteiger partial charge >= 0.3 is 5.97 Å². The van der Waals surface area contributed by atoms with Gasteiger partial charge in [0.2, 0.25) is 5.13 Å². The highest BCUT2D eigenvalue weighted by Gasteiger charge is 2.24. The van der Waals surface area contributed by atoms with E-state index in [9.17, 15) is 13.2 Å². The first-order chi connectivity index (χ1) is 8.00. The van der Waals surface area contributed by atoms with E-state index in [1.807, 2.05) is 0 Å². The minimum Gasteiger partial charge on any atom is -0.477 e. The number of nitrogens with zero attached hydrogens (tertiary/aromatic N) is 2. The molecule has 0 radical (unpaired) electrons. The molecule has 0 aliphatic rings. The van der Waals surface area contributed by atoms with Crippen molar-refractivity contribution < 1.29 is 18.3 Å². The molecule has 2 aromatic rings. The first-order valence-corrected chi connectivity index (χ1v) is 7.35. The molecule has 2 rings (SSSR count). The second-order valence-electron chi connectivity index (χ2n) is 2.77. The zero-order chi connectivity index (χ0) is 12.5. The van der Waals surface area contributed by atoms with Crippen LogP contribution < -0.4 is 4.72 Å². The highest BCUT2D eigenvalue weighted by atomic mass is 32.2. The van der Waals surface area contributed by atoms with Crippen LogP contribution in [0, 0.1) is 0 Å². The molecule has 2 heterocycles. The Hall–Kier alpha value is -1.52. The van der Waals surface area contributed by atoms with Crippen molar-refractivity contribution in [2.45, 2.75) is 4.90 Å². The first-order valence-electron chi connectivity index (χ1n) is 4.10. The standard InChI is InChI=1S/C7H5N3O4S3/c11-6(12)5-4(1-2-15-5)17(13,14)10-7-9-8-3-16-7/h1-3H,(H,9,10)(H,11,12). The van der Waals surface area contributed by atoms with Crippen LogP contribution in [0.15, 0.2) is 21.9 Å². The molecular weight excluding hydrogens is 286 g/mol. The SMILES string of the molecule is O=C(O)c1sccc1S(=O)(=O)Nc1nncs1. The van der Waals surface area contributed by atoms with Gasteiger partial charge in [0.05, 0.1) is 0 Å². The number of aromatic carboxylic acids is 1. The number of anilines is 1. The van der Waals surface area contributed by atoms with Gasteiger partial charge in [0, 0.05) is 0 Å². The van der Waals surface area contributed by atoms with Crippen LogP contribution in [-0.2, 0) is 10.0 Å². The van der Waals surface area contributed by atoms with Crippen molar-refractivity contribution >= 4 is 43.8 Å². The lowest BCUT2D eigenvalue weighted by molar-refractivity contribution is 0.0698. The van der Waals surface area contributed by atoms with Crippen molar-refractivity contribution in [1.82, 2.24) is 10.2 Å². The number of nitrogens with one attached hydrogen (secondary N) is 1. The molecule has 0 aliphatic carbocycles. The number of carboxylic acid groups (broad SMARTS) is 1. The molecule has 0 aromatic carbocycles. The normalized spacial score (nSPS) is 11.3. The third-order valence-corrected chi connectivity index (χ3v) is 4.84. The molecule has 0 saturated heterocycles. The van der Waals surface area contributed by atoms with Crippen LogP contribution in [0.25, 0.3) is 0 Å². The quantitative estimate of drug-likeness (QED) is 0.873. The summed E-state index contributed by atoms with van der Waals surface area (Å²) in [6, 6.07) is 1.23. The summed E-state index contributed by atoms with van der Waals surface area (Å²) in [5, 5.41) is 17.3. The molecule has 10 heteroatoms. The Morgan fingerprint density at radius 1 is 1.41 bits per heavy atom. The summed E-state index contributed by atoms with van der Waals surface area (Å²) in [4.78, 5) is 10.3. The van der Waals surface area contributed by atoms with Crippen molar-refractivity contribution in [1.29, 1.82) is 0 Å². The zero-order valence-corrected chi connectivity index (χ0v) is 10.5. The molecule has 7 nitrogen and oxygen atoms in total. The Morgan fingerprint density at radius 2 is 2.18 bits per heavy atom. The topological polar surface area (TPSA) is 109 Å². The third-order valence-electron chi connectivity index (χ3n) is 1.69. The minimum absolute atomic E-state index is 0.0903. The van der Waals surface area contributed by atoms with E-state index in [4.69, 9.17) is 5.11 Å². The van der Waals surface area contributed by atoms with Gasteiger partial charge in [-0.1, -0.05) is 11.3 Å². The van der Waals surface area contributed by atoms with Crippen LogP contribution >= 0.6 is 22.7 Å². The summed E-state index contributed by atoms with van der Waals surface area (Å²) in [5.74, 6) is -1.28. The van der Waals surface area contributed by atoms with E-state index in [2.05, 4.69) is 14.9 Å². The molecule has 0 bridgehead atoms. The molecule has 90 valence electrons. The molecule has 0 amide bonds. The molecule has 0 spiro atoms. The average molecular weight is 291 g/mol. The lowest BCUT2D eigenvalue weighted by Crippen LogP contribution is -2.15. The Kier molecular flexibility index (Phi) is 3.09. The van der Waals surface area contributed by atoms with E-state index in [-0.39, 0.29) is 14.9 Å². The fourth-order valence-electron chi connectivity index (χ4n) is 1.05. The van der Waals surface area contributed by atoms with Crippen molar-refractivity contribution in [3.05, 3.63) is 21.8 Å². The summed E-state index contributed by atoms with van der Waals surface area (Å²) in [7, 11) is -3.93. The van der Waals surface area contributed by atoms with Crippen molar-refractivity contribution in [2.75, 3.05) is 4.72 Å². The molecule has 0 atom stereocenters. The monoisotopic (exact) mass is 291 g/mol. The zero-order valence-electron chi connectivity index (χ0n) is 8.02. The van der Waals surface area contributed by atoms with Gasteiger partial charge in [-0.25, -0.2) is 13.2 Å². The van der Waals surface area contributed by atoms with Gasteiger partial charge in [-0.2, -0.15) is 0 Å². The summed E-state index contributed by atoms with van der Waals surface area (Å²) in [5.41, 5.74) is 1.36. The third kappa shape index (κ3) is 2.43. The lowest BCUT2D eigenvalue weighted by atomic mass is 10.5. The van der Waals surface area contributed by atoms with E-state index >= 15 is 0 Å². The van der Waals surface area contributed by atoms with Crippen LogP contribution in [0.3, 0.4) is 0 Å². The van der Waals surface area contributed by atoms with E-state index in [0.717, 1.165) is 22.7 Å². The van der Waals surface area contributed by atoms with Gasteiger partial charge in [-0.15, -0.1) is 21.5 Å². The number of sulfonamides is 1. The smallest absolute Gasteiger partial charge is 0.347 e. The maximum atomic E-state index is 11.9. The average Bonchev–Trinajstić information content (AvgIpc) is 2.84. The largest absolute Gasteiger partial charge is 0.477 e. The minimum atomic E-state index is -3.93. The van der Waals surface area contributed by atoms with Gasteiger partial charge in [0.25, 0.3) is 10.0 Å². The Morgan fingerprint density at radius 3 is 2.76 bits per heavy atom. The van der Waals surface area contributed by atoms with Crippen LogP contribution in [0.1, 0.15) is 9.67 Å². The first kappa shape index (κ1) is 12.0. The summed E-state index contributed by atoms with van der Waals surface area (Å²) in [6.07, 6.45) is 0. The molecule has 17 heavy (non-hydrogen) atoms. The number of hydrogen-bond acceptors (Lipinski definition) is 7. The number of carbonyl (C=O) groups is 1. The molecular formula is C7H5N3O4S3. The lowest BCUT2D eigenvalue weighted by Gasteiger charge is -2.03. The summed E-state index contributed by atoms with van der Waals surface area (Å²) >= 11 is 1.85.